The van der Waals surface area contributed by atoms with E-state index in [1.807, 2.05) is 0 Å². The number of fused-ring (bicyclic) bond motifs is 1. The SMILES string of the molecule is COc1ccc(Oc2cccc3c2C(=O)N(C2CCC(=O)N(N)C2=O)C3=O)cc1. The average Bonchev–Trinajstić information content (AvgIpc) is 2.98. The lowest BCUT2D eigenvalue weighted by atomic mass is 10.0. The van der Waals surface area contributed by atoms with Gasteiger partial charge in [0.25, 0.3) is 17.7 Å². The molecule has 2 N–H and O–H groups in total. The minimum Gasteiger partial charge on any atom is -0.497 e. The minimum absolute atomic E-state index is 0.0322. The lowest BCUT2D eigenvalue weighted by Gasteiger charge is -2.31. The maximum atomic E-state index is 13.1. The van der Waals surface area contributed by atoms with Gasteiger partial charge in [-0.25, -0.2) is 10.9 Å². The van der Waals surface area contributed by atoms with Gasteiger partial charge in [-0.2, -0.15) is 0 Å². The fourth-order valence-corrected chi connectivity index (χ4v) is 3.44. The maximum absolute atomic E-state index is 13.1. The zero-order valence-corrected chi connectivity index (χ0v) is 15.5. The Kier molecular flexibility index (Phi) is 4.51. The summed E-state index contributed by atoms with van der Waals surface area (Å²) in [6.07, 6.45) is 0.00101. The first kappa shape index (κ1) is 18.6. The van der Waals surface area contributed by atoms with E-state index in [0.717, 1.165) is 4.90 Å². The molecule has 4 amide bonds. The third-order valence-electron chi connectivity index (χ3n) is 4.93. The van der Waals surface area contributed by atoms with Gasteiger partial charge in [-0.1, -0.05) is 6.07 Å². The number of hydrogen-bond donors (Lipinski definition) is 1. The predicted octanol–water partition coefficient (Wildman–Crippen LogP) is 1.47. The number of ether oxygens (including phenoxy) is 2. The second-order valence-electron chi connectivity index (χ2n) is 6.59. The summed E-state index contributed by atoms with van der Waals surface area (Å²) in [5.41, 5.74) is 0.205. The molecular formula is C20H17N3O6. The van der Waals surface area contributed by atoms with Crippen molar-refractivity contribution in [1.82, 2.24) is 9.91 Å². The van der Waals surface area contributed by atoms with Gasteiger partial charge in [0.1, 0.15) is 23.3 Å². The lowest BCUT2D eigenvalue weighted by molar-refractivity contribution is -0.151. The van der Waals surface area contributed by atoms with Crippen molar-refractivity contribution in [3.05, 3.63) is 53.6 Å². The van der Waals surface area contributed by atoms with Gasteiger partial charge >= 0.3 is 0 Å². The molecule has 2 aromatic rings. The first-order valence-corrected chi connectivity index (χ1v) is 8.86. The summed E-state index contributed by atoms with van der Waals surface area (Å²) < 4.78 is 10.9. The highest BCUT2D eigenvalue weighted by molar-refractivity contribution is 6.24. The van der Waals surface area contributed by atoms with Gasteiger partial charge in [0, 0.05) is 6.42 Å². The van der Waals surface area contributed by atoms with Crippen LogP contribution in [-0.4, -0.2) is 46.7 Å². The molecule has 29 heavy (non-hydrogen) atoms. The highest BCUT2D eigenvalue weighted by atomic mass is 16.5. The Hall–Kier alpha value is -3.72. The summed E-state index contributed by atoms with van der Waals surface area (Å²) in [6.45, 7) is 0. The molecule has 2 heterocycles. The third-order valence-corrected chi connectivity index (χ3v) is 4.93. The van der Waals surface area contributed by atoms with Crippen LogP contribution in [-0.2, 0) is 9.59 Å². The normalized spacial score (nSPS) is 18.9. The molecule has 2 aliphatic heterocycles. The largest absolute Gasteiger partial charge is 0.497 e. The van der Waals surface area contributed by atoms with Crippen molar-refractivity contribution < 1.29 is 28.7 Å². The predicted molar refractivity (Wildman–Crippen MR) is 99.1 cm³/mol. The number of benzene rings is 2. The third kappa shape index (κ3) is 3.01. The van der Waals surface area contributed by atoms with Crippen LogP contribution in [0.5, 0.6) is 17.2 Å². The van der Waals surface area contributed by atoms with Gasteiger partial charge in [0.2, 0.25) is 5.91 Å². The van der Waals surface area contributed by atoms with Gasteiger partial charge in [0.15, 0.2) is 0 Å². The molecule has 9 heteroatoms. The molecule has 1 atom stereocenters. The molecule has 1 fully saturated rings. The number of rotatable bonds is 4. The Morgan fingerprint density at radius 2 is 1.66 bits per heavy atom. The molecule has 4 rings (SSSR count). The second kappa shape index (κ2) is 7.02. The van der Waals surface area contributed by atoms with Gasteiger partial charge < -0.3 is 9.47 Å². The van der Waals surface area contributed by atoms with Gasteiger partial charge in [-0.15, -0.1) is 0 Å². The molecule has 0 bridgehead atoms. The summed E-state index contributed by atoms with van der Waals surface area (Å²) in [4.78, 5) is 50.8. The summed E-state index contributed by atoms with van der Waals surface area (Å²) in [5, 5.41) is 0.465. The van der Waals surface area contributed by atoms with E-state index in [-0.39, 0.29) is 29.7 Å². The van der Waals surface area contributed by atoms with Crippen molar-refractivity contribution in [3.63, 3.8) is 0 Å². The number of piperidine rings is 1. The van der Waals surface area contributed by atoms with Crippen molar-refractivity contribution in [3.8, 4) is 17.2 Å². The summed E-state index contributed by atoms with van der Waals surface area (Å²) in [6, 6.07) is 10.3. The number of amides is 4. The van der Waals surface area contributed by atoms with Crippen molar-refractivity contribution >= 4 is 23.6 Å². The van der Waals surface area contributed by atoms with Crippen LogP contribution in [0.4, 0.5) is 0 Å². The highest BCUT2D eigenvalue weighted by Crippen LogP contribution is 2.36. The van der Waals surface area contributed by atoms with E-state index in [2.05, 4.69) is 0 Å². The van der Waals surface area contributed by atoms with Crippen molar-refractivity contribution in [2.75, 3.05) is 7.11 Å². The quantitative estimate of drug-likeness (QED) is 0.473. The van der Waals surface area contributed by atoms with Crippen molar-refractivity contribution in [2.45, 2.75) is 18.9 Å². The van der Waals surface area contributed by atoms with Crippen molar-refractivity contribution in [1.29, 1.82) is 0 Å². The van der Waals surface area contributed by atoms with Crippen LogP contribution < -0.4 is 15.3 Å². The number of nitrogens with two attached hydrogens (primary N) is 1. The second-order valence-corrected chi connectivity index (χ2v) is 6.59. The molecular weight excluding hydrogens is 378 g/mol. The summed E-state index contributed by atoms with van der Waals surface area (Å²) in [5.74, 6) is 4.16. The first-order valence-electron chi connectivity index (χ1n) is 8.86. The fourth-order valence-electron chi connectivity index (χ4n) is 3.44. The van der Waals surface area contributed by atoms with Gasteiger partial charge in [-0.3, -0.25) is 24.1 Å². The van der Waals surface area contributed by atoms with E-state index in [0.29, 0.717) is 16.5 Å². The maximum Gasteiger partial charge on any atom is 0.266 e. The number of carbonyl (C=O) groups excluding carboxylic acids is 4. The van der Waals surface area contributed by atoms with E-state index in [9.17, 15) is 19.2 Å². The summed E-state index contributed by atoms with van der Waals surface area (Å²) >= 11 is 0. The monoisotopic (exact) mass is 395 g/mol. The zero-order chi connectivity index (χ0) is 20.7. The van der Waals surface area contributed by atoms with Gasteiger partial charge in [0.05, 0.1) is 18.2 Å². The minimum atomic E-state index is -1.13. The Morgan fingerprint density at radius 1 is 0.966 bits per heavy atom. The summed E-state index contributed by atoms with van der Waals surface area (Å²) in [7, 11) is 1.54. The smallest absolute Gasteiger partial charge is 0.266 e. The number of imide groups is 2. The van der Waals surface area contributed by atoms with E-state index < -0.39 is 29.7 Å². The molecule has 148 valence electrons. The fraction of sp³-hybridized carbons (Fsp3) is 0.200. The number of hydrogen-bond acceptors (Lipinski definition) is 7. The number of carbonyl (C=O) groups is 4. The number of nitrogens with zero attached hydrogens (tertiary/aromatic N) is 2. The molecule has 2 aromatic carbocycles. The molecule has 0 saturated carbocycles. The number of methoxy groups -OCH3 is 1. The average molecular weight is 395 g/mol. The molecule has 1 saturated heterocycles. The van der Waals surface area contributed by atoms with Crippen LogP contribution in [0.25, 0.3) is 0 Å². The molecule has 0 radical (unpaired) electrons. The van der Waals surface area contributed by atoms with Crippen LogP contribution in [0.15, 0.2) is 42.5 Å². The first-order chi connectivity index (χ1) is 13.9. The molecule has 2 aliphatic rings. The van der Waals surface area contributed by atoms with E-state index in [1.54, 1.807) is 43.5 Å². The van der Waals surface area contributed by atoms with Crippen LogP contribution in [0, 0.1) is 0 Å². The Bertz CT molecular complexity index is 1030. The molecule has 9 nitrogen and oxygen atoms in total. The van der Waals surface area contributed by atoms with Crippen molar-refractivity contribution in [2.24, 2.45) is 5.84 Å². The van der Waals surface area contributed by atoms with Gasteiger partial charge in [-0.05, 0) is 42.8 Å². The number of hydrazine groups is 1. The Balaban J connectivity index is 1.66. The Morgan fingerprint density at radius 3 is 2.34 bits per heavy atom. The molecule has 0 aliphatic carbocycles. The van der Waals surface area contributed by atoms with Crippen LogP contribution >= 0.6 is 0 Å². The molecule has 0 aromatic heterocycles. The van der Waals surface area contributed by atoms with Crippen LogP contribution in [0.2, 0.25) is 0 Å². The standard InChI is InChI=1S/C20H17N3O6/c1-28-11-5-7-12(8-6-11)29-15-4-2-3-13-17(15)20(27)22(18(13)25)14-9-10-16(24)23(21)19(14)26/h2-8,14H,9-10,21H2,1H3. The van der Waals surface area contributed by atoms with Crippen LogP contribution in [0.1, 0.15) is 33.6 Å². The topological polar surface area (TPSA) is 119 Å². The molecule has 1 unspecified atom stereocenters. The zero-order valence-electron chi connectivity index (χ0n) is 15.5. The molecule has 0 spiro atoms. The van der Waals surface area contributed by atoms with E-state index in [1.165, 1.54) is 6.07 Å². The Labute approximate surface area is 165 Å². The highest BCUT2D eigenvalue weighted by Gasteiger charge is 2.47. The van der Waals surface area contributed by atoms with E-state index >= 15 is 0 Å². The van der Waals surface area contributed by atoms with E-state index in [4.69, 9.17) is 15.3 Å². The lowest BCUT2D eigenvalue weighted by Crippen LogP contribution is -2.58. The van der Waals surface area contributed by atoms with Crippen LogP contribution in [0.3, 0.4) is 0 Å².